The van der Waals surface area contributed by atoms with Gasteiger partial charge in [-0.3, -0.25) is 15.1 Å². The van der Waals surface area contributed by atoms with Crippen LogP contribution in [0.3, 0.4) is 0 Å². The number of pyridine rings is 1. The molecule has 3 rings (SSSR count). The fourth-order valence-corrected chi connectivity index (χ4v) is 4.22. The molecule has 1 atom stereocenters. The van der Waals surface area contributed by atoms with Crippen molar-refractivity contribution in [1.29, 1.82) is 0 Å². The van der Waals surface area contributed by atoms with Crippen LogP contribution in [0, 0.1) is 11.8 Å². The minimum absolute atomic E-state index is 0.129. The number of nitrogens with one attached hydrogen (secondary N) is 1. The number of anilines is 1. The largest absolute Gasteiger partial charge is 0.399 e. The Morgan fingerprint density at radius 3 is 2.68 bits per heavy atom. The molecule has 8 nitrogen and oxygen atoms in total. The van der Waals surface area contributed by atoms with E-state index in [1.165, 1.54) is 17.2 Å². The standard InChI is InChI=1S/C19H20F3N5O3S/c1-10-14(11-6-7-23-13(9-11)18(2,3)19(20,21)22)31-16(24-10)25-17(29)27-8-4-5-12(27)15(28)26-30/h6-7,9,12H,4-5,8H2,1-3H3,(H,24,25,29). The lowest BCUT2D eigenvalue weighted by atomic mass is 9.87. The Balaban J connectivity index is 1.84. The first-order chi connectivity index (χ1) is 14.5. The molecule has 166 valence electrons. The van der Waals surface area contributed by atoms with E-state index >= 15 is 0 Å². The molecule has 0 bridgehead atoms. The van der Waals surface area contributed by atoms with Gasteiger partial charge in [0.15, 0.2) is 5.13 Å². The van der Waals surface area contributed by atoms with E-state index < -0.39 is 29.6 Å². The maximum absolute atomic E-state index is 13.4. The summed E-state index contributed by atoms with van der Waals surface area (Å²) in [5, 5.41) is 5.22. The summed E-state index contributed by atoms with van der Waals surface area (Å²) in [5.41, 5.74) is -1.25. The second-order valence-corrected chi connectivity index (χ2v) is 8.70. The molecule has 3 heterocycles. The summed E-state index contributed by atoms with van der Waals surface area (Å²) in [7, 11) is 0. The van der Waals surface area contributed by atoms with E-state index in [0.29, 0.717) is 35.5 Å². The Morgan fingerprint density at radius 2 is 2.03 bits per heavy atom. The fourth-order valence-electron chi connectivity index (χ4n) is 3.27. The molecular weight excluding hydrogens is 435 g/mol. The van der Waals surface area contributed by atoms with Crippen molar-refractivity contribution < 1.29 is 22.8 Å². The zero-order valence-electron chi connectivity index (χ0n) is 17.0. The van der Waals surface area contributed by atoms with E-state index in [0.717, 1.165) is 25.2 Å². The maximum atomic E-state index is 13.4. The third-order valence-electron chi connectivity index (χ3n) is 5.27. The molecule has 1 unspecified atom stereocenters. The minimum Gasteiger partial charge on any atom is -0.312 e. The molecule has 0 radical (unpaired) electrons. The number of nitrogens with zero attached hydrogens (tertiary/aromatic N) is 4. The van der Waals surface area contributed by atoms with E-state index in [-0.39, 0.29) is 10.8 Å². The highest BCUT2D eigenvalue weighted by atomic mass is 32.1. The number of aryl methyl sites for hydroxylation is 1. The summed E-state index contributed by atoms with van der Waals surface area (Å²) in [6.45, 7) is 4.10. The summed E-state index contributed by atoms with van der Waals surface area (Å²) in [4.78, 5) is 44.7. The average Bonchev–Trinajstić information content (AvgIpc) is 3.33. The summed E-state index contributed by atoms with van der Waals surface area (Å²) < 4.78 is 40.2. The molecule has 1 aliphatic heterocycles. The van der Waals surface area contributed by atoms with Gasteiger partial charge in [-0.1, -0.05) is 11.3 Å². The number of alkyl halides is 3. The highest BCUT2D eigenvalue weighted by molar-refractivity contribution is 7.19. The Bertz CT molecular complexity index is 1020. The van der Waals surface area contributed by atoms with Crippen molar-refractivity contribution in [2.24, 2.45) is 5.18 Å². The van der Waals surface area contributed by atoms with Crippen molar-refractivity contribution in [2.75, 3.05) is 11.9 Å². The number of carbonyl (C=O) groups excluding carboxylic acids is 2. The Morgan fingerprint density at radius 1 is 1.32 bits per heavy atom. The van der Waals surface area contributed by atoms with Gasteiger partial charge in [-0.15, -0.1) is 4.91 Å². The number of urea groups is 1. The first-order valence-electron chi connectivity index (χ1n) is 9.41. The number of rotatable bonds is 4. The first kappa shape index (κ1) is 22.8. The molecule has 1 fully saturated rings. The van der Waals surface area contributed by atoms with Crippen molar-refractivity contribution in [1.82, 2.24) is 14.9 Å². The normalized spacial score (nSPS) is 17.0. The van der Waals surface area contributed by atoms with E-state index in [1.54, 1.807) is 13.0 Å². The van der Waals surface area contributed by atoms with Crippen LogP contribution in [-0.2, 0) is 10.2 Å². The third kappa shape index (κ3) is 4.43. The highest BCUT2D eigenvalue weighted by Crippen LogP contribution is 2.41. The molecule has 31 heavy (non-hydrogen) atoms. The Hall–Kier alpha value is -2.89. The van der Waals surface area contributed by atoms with Crippen LogP contribution in [-0.4, -0.2) is 45.6 Å². The summed E-state index contributed by atoms with van der Waals surface area (Å²) >= 11 is 1.09. The molecule has 1 aliphatic rings. The minimum atomic E-state index is -4.47. The number of nitroso groups, excluding NO2 is 1. The quantitative estimate of drug-likeness (QED) is 0.676. The van der Waals surface area contributed by atoms with Crippen LogP contribution >= 0.6 is 11.3 Å². The number of likely N-dealkylation sites (tertiary alicyclic amines) is 1. The van der Waals surface area contributed by atoms with Gasteiger partial charge in [0, 0.05) is 17.9 Å². The smallest absolute Gasteiger partial charge is 0.312 e. The molecule has 0 aromatic carbocycles. The molecule has 0 aliphatic carbocycles. The SMILES string of the molecule is Cc1nc(NC(=O)N2CCCC2C(=O)N=O)sc1-c1ccnc(C(C)(C)C(F)(F)F)c1. The fraction of sp³-hybridized carbons (Fsp3) is 0.474. The predicted molar refractivity (Wildman–Crippen MR) is 109 cm³/mol. The molecule has 1 N–H and O–H groups in total. The van der Waals surface area contributed by atoms with Gasteiger partial charge < -0.3 is 4.90 Å². The van der Waals surface area contributed by atoms with Gasteiger partial charge in [0.05, 0.1) is 16.3 Å². The van der Waals surface area contributed by atoms with Crippen LogP contribution in [0.15, 0.2) is 23.5 Å². The Kier molecular flexibility index (Phi) is 6.12. The zero-order chi connectivity index (χ0) is 23.0. The van der Waals surface area contributed by atoms with Gasteiger partial charge in [-0.2, -0.15) is 13.2 Å². The van der Waals surface area contributed by atoms with E-state index in [9.17, 15) is 27.7 Å². The average molecular weight is 455 g/mol. The number of carbonyl (C=O) groups is 2. The molecule has 0 saturated carbocycles. The molecular formula is C19H20F3N5O3S. The number of hydrogen-bond acceptors (Lipinski definition) is 6. The lowest BCUT2D eigenvalue weighted by molar-refractivity contribution is -0.181. The van der Waals surface area contributed by atoms with Crippen LogP contribution in [0.4, 0.5) is 23.1 Å². The van der Waals surface area contributed by atoms with Crippen LogP contribution in [0.2, 0.25) is 0 Å². The van der Waals surface area contributed by atoms with Gasteiger partial charge in [0.25, 0.3) is 0 Å². The lowest BCUT2D eigenvalue weighted by Crippen LogP contribution is -2.42. The third-order valence-corrected chi connectivity index (χ3v) is 6.39. The molecule has 0 spiro atoms. The summed E-state index contributed by atoms with van der Waals surface area (Å²) in [6.07, 6.45) is -2.24. The van der Waals surface area contributed by atoms with Crippen molar-refractivity contribution in [3.8, 4) is 10.4 Å². The second kappa shape index (κ2) is 8.33. The van der Waals surface area contributed by atoms with Gasteiger partial charge in [-0.05, 0) is 51.3 Å². The highest BCUT2D eigenvalue weighted by Gasteiger charge is 2.49. The van der Waals surface area contributed by atoms with E-state index in [1.807, 2.05) is 0 Å². The first-order valence-corrected chi connectivity index (χ1v) is 10.2. The summed E-state index contributed by atoms with van der Waals surface area (Å²) in [6, 6.07) is 1.45. The number of halogens is 3. The zero-order valence-corrected chi connectivity index (χ0v) is 17.8. The number of amides is 3. The number of thiazole rings is 1. The van der Waals surface area contributed by atoms with Gasteiger partial charge >= 0.3 is 18.1 Å². The summed E-state index contributed by atoms with van der Waals surface area (Å²) in [5.74, 6) is -0.903. The van der Waals surface area contributed by atoms with Crippen molar-refractivity contribution >= 4 is 28.4 Å². The molecule has 3 amide bonds. The van der Waals surface area contributed by atoms with Gasteiger partial charge in [-0.25, -0.2) is 9.78 Å². The van der Waals surface area contributed by atoms with Gasteiger partial charge in [0.2, 0.25) is 0 Å². The van der Waals surface area contributed by atoms with E-state index in [2.05, 4.69) is 20.5 Å². The Labute approximate surface area is 179 Å². The van der Waals surface area contributed by atoms with E-state index in [4.69, 9.17) is 0 Å². The maximum Gasteiger partial charge on any atom is 0.399 e. The number of aromatic nitrogens is 2. The van der Waals surface area contributed by atoms with Crippen LogP contribution in [0.5, 0.6) is 0 Å². The predicted octanol–water partition coefficient (Wildman–Crippen LogP) is 4.64. The monoisotopic (exact) mass is 455 g/mol. The molecule has 12 heteroatoms. The van der Waals surface area contributed by atoms with Crippen LogP contribution in [0.25, 0.3) is 10.4 Å². The van der Waals surface area contributed by atoms with Gasteiger partial charge in [0.1, 0.15) is 11.5 Å². The van der Waals surface area contributed by atoms with Crippen LogP contribution < -0.4 is 5.32 Å². The second-order valence-electron chi connectivity index (χ2n) is 7.70. The molecule has 2 aromatic rings. The molecule has 2 aromatic heterocycles. The molecule has 1 saturated heterocycles. The van der Waals surface area contributed by atoms with Crippen LogP contribution in [0.1, 0.15) is 38.1 Å². The lowest BCUT2D eigenvalue weighted by Gasteiger charge is -2.27. The van der Waals surface area contributed by atoms with Crippen molar-refractivity contribution in [2.45, 2.75) is 51.2 Å². The number of hydrogen-bond donors (Lipinski definition) is 1. The van der Waals surface area contributed by atoms with Crippen molar-refractivity contribution in [3.05, 3.63) is 34.6 Å². The topological polar surface area (TPSA) is 105 Å². The van der Waals surface area contributed by atoms with Crippen molar-refractivity contribution in [3.63, 3.8) is 0 Å².